The zero-order valence-electron chi connectivity index (χ0n) is 20.1. The lowest BCUT2D eigenvalue weighted by molar-refractivity contribution is 0.0657. The Morgan fingerprint density at radius 3 is 2.54 bits per heavy atom. The average Bonchev–Trinajstić information content (AvgIpc) is 2.89. The van der Waals surface area contributed by atoms with Crippen LogP contribution in [-0.2, 0) is 6.42 Å². The van der Waals surface area contributed by atoms with Gasteiger partial charge in [0.15, 0.2) is 0 Å². The van der Waals surface area contributed by atoms with E-state index in [1.54, 1.807) is 27.8 Å². The molecule has 3 heterocycles. The maximum absolute atomic E-state index is 13.7. The molecular weight excluding hydrogens is 440 g/mol. The monoisotopic (exact) mass is 470 g/mol. The summed E-state index contributed by atoms with van der Waals surface area (Å²) >= 11 is 0. The van der Waals surface area contributed by atoms with Crippen LogP contribution in [0.3, 0.4) is 0 Å². The number of carbonyl (C=O) groups excluding carboxylic acids is 1. The van der Waals surface area contributed by atoms with E-state index in [0.29, 0.717) is 49.3 Å². The molecule has 0 saturated carbocycles. The predicted molar refractivity (Wildman–Crippen MR) is 135 cm³/mol. The van der Waals surface area contributed by atoms with Crippen molar-refractivity contribution in [1.29, 1.82) is 0 Å². The molecule has 0 radical (unpaired) electrons. The van der Waals surface area contributed by atoms with E-state index >= 15 is 0 Å². The summed E-state index contributed by atoms with van der Waals surface area (Å²) in [5.74, 6) is -0.251. The fourth-order valence-corrected chi connectivity index (χ4v) is 4.26. The number of pyridine rings is 1. The van der Waals surface area contributed by atoms with Crippen LogP contribution in [0.25, 0.3) is 5.65 Å². The van der Waals surface area contributed by atoms with E-state index in [9.17, 15) is 9.59 Å². The van der Waals surface area contributed by atoms with Crippen molar-refractivity contribution in [2.75, 3.05) is 13.1 Å². The zero-order chi connectivity index (χ0) is 24.8. The van der Waals surface area contributed by atoms with Gasteiger partial charge in [-0.05, 0) is 44.0 Å². The van der Waals surface area contributed by atoms with Gasteiger partial charge in [-0.15, -0.1) is 0 Å². The largest absolute Gasteiger partial charge is 0.330 e. The van der Waals surface area contributed by atoms with Gasteiger partial charge in [0, 0.05) is 30.9 Å². The number of aryl methyl sites for hydroxylation is 1. The first-order chi connectivity index (χ1) is 17.0. The molecule has 1 atom stereocenters. The van der Waals surface area contributed by atoms with Gasteiger partial charge in [-0.3, -0.25) is 19.0 Å². The van der Waals surface area contributed by atoms with Crippen LogP contribution in [-0.4, -0.2) is 43.2 Å². The van der Waals surface area contributed by atoms with Crippen molar-refractivity contribution in [3.8, 4) is 0 Å². The lowest BCUT2D eigenvalue weighted by Gasteiger charge is -2.32. The SMILES string of the molecule is CCC(c1nc2ccccn2c(=O)c1Cc1ccccc1)N(CCCN)C(=O)c1cnc(C)cn1. The molecule has 4 rings (SSSR count). The number of nitrogens with zero attached hydrogens (tertiary/aromatic N) is 5. The molecule has 1 aromatic carbocycles. The summed E-state index contributed by atoms with van der Waals surface area (Å²) in [5, 5.41) is 0. The van der Waals surface area contributed by atoms with Crippen LogP contribution >= 0.6 is 0 Å². The van der Waals surface area contributed by atoms with E-state index in [2.05, 4.69) is 9.97 Å². The summed E-state index contributed by atoms with van der Waals surface area (Å²) in [7, 11) is 0. The van der Waals surface area contributed by atoms with E-state index in [4.69, 9.17) is 10.7 Å². The van der Waals surface area contributed by atoms with Crippen molar-refractivity contribution in [2.45, 2.75) is 39.2 Å². The Hall–Kier alpha value is -3.91. The Morgan fingerprint density at radius 1 is 1.09 bits per heavy atom. The molecule has 0 aliphatic carbocycles. The smallest absolute Gasteiger partial charge is 0.274 e. The minimum atomic E-state index is -0.422. The topological polar surface area (TPSA) is 106 Å². The summed E-state index contributed by atoms with van der Waals surface area (Å²) in [5.41, 5.74) is 9.40. The third-order valence-corrected chi connectivity index (χ3v) is 6.03. The lowest BCUT2D eigenvalue weighted by atomic mass is 9.98. The highest BCUT2D eigenvalue weighted by Gasteiger charge is 2.30. The second-order valence-corrected chi connectivity index (χ2v) is 8.48. The zero-order valence-corrected chi connectivity index (χ0v) is 20.1. The number of carbonyl (C=O) groups is 1. The quantitative estimate of drug-likeness (QED) is 0.402. The van der Waals surface area contributed by atoms with Gasteiger partial charge in [-0.2, -0.15) is 0 Å². The molecule has 8 nitrogen and oxygen atoms in total. The average molecular weight is 471 g/mol. The van der Waals surface area contributed by atoms with Gasteiger partial charge in [0.1, 0.15) is 11.3 Å². The minimum absolute atomic E-state index is 0.130. The fourth-order valence-electron chi connectivity index (χ4n) is 4.26. The summed E-state index contributed by atoms with van der Waals surface area (Å²) in [6.07, 6.45) is 6.40. The first kappa shape index (κ1) is 24.2. The number of hydrogen-bond donors (Lipinski definition) is 1. The first-order valence-corrected chi connectivity index (χ1v) is 11.9. The highest BCUT2D eigenvalue weighted by molar-refractivity contribution is 5.92. The van der Waals surface area contributed by atoms with Crippen LogP contribution in [0.1, 0.15) is 58.8 Å². The van der Waals surface area contributed by atoms with Gasteiger partial charge < -0.3 is 10.6 Å². The molecule has 3 aromatic heterocycles. The summed E-state index contributed by atoms with van der Waals surface area (Å²) in [6.45, 7) is 4.67. The van der Waals surface area contributed by atoms with Crippen molar-refractivity contribution in [1.82, 2.24) is 24.3 Å². The molecule has 4 aromatic rings. The standard InChI is InChI=1S/C27H30N6O2/c1-3-23(32(15-9-13-28)27(35)22-18-29-19(2)17-30-22)25-21(16-20-10-5-4-6-11-20)26(34)33-14-8-7-12-24(33)31-25/h4-8,10-12,14,17-18,23H,3,9,13,15-16,28H2,1-2H3. The van der Waals surface area contributed by atoms with Gasteiger partial charge in [0.05, 0.1) is 23.6 Å². The molecule has 0 saturated heterocycles. The van der Waals surface area contributed by atoms with Gasteiger partial charge in [-0.25, -0.2) is 9.97 Å². The minimum Gasteiger partial charge on any atom is -0.330 e. The molecule has 8 heteroatoms. The Bertz CT molecular complexity index is 1350. The van der Waals surface area contributed by atoms with Crippen LogP contribution in [0.4, 0.5) is 0 Å². The highest BCUT2D eigenvalue weighted by atomic mass is 16.2. The second kappa shape index (κ2) is 11.0. The maximum atomic E-state index is 13.7. The summed E-state index contributed by atoms with van der Waals surface area (Å²) in [4.78, 5) is 42.5. The summed E-state index contributed by atoms with van der Waals surface area (Å²) in [6, 6.07) is 14.9. The van der Waals surface area contributed by atoms with E-state index in [1.165, 1.54) is 6.20 Å². The molecule has 0 bridgehead atoms. The molecular formula is C27H30N6O2. The number of nitrogens with two attached hydrogens (primary N) is 1. The fraction of sp³-hybridized carbons (Fsp3) is 0.296. The number of hydrogen-bond acceptors (Lipinski definition) is 6. The third-order valence-electron chi connectivity index (χ3n) is 6.03. The second-order valence-electron chi connectivity index (χ2n) is 8.48. The first-order valence-electron chi connectivity index (χ1n) is 11.9. The van der Waals surface area contributed by atoms with E-state index in [0.717, 1.165) is 11.3 Å². The lowest BCUT2D eigenvalue weighted by Crippen LogP contribution is -2.39. The van der Waals surface area contributed by atoms with Crippen molar-refractivity contribution in [2.24, 2.45) is 5.73 Å². The third kappa shape index (κ3) is 5.27. The normalized spacial score (nSPS) is 12.0. The number of benzene rings is 1. The van der Waals surface area contributed by atoms with Crippen LogP contribution < -0.4 is 11.3 Å². The Labute approximate surface area is 204 Å². The Kier molecular flexibility index (Phi) is 7.62. The van der Waals surface area contributed by atoms with Gasteiger partial charge >= 0.3 is 0 Å². The number of rotatable bonds is 9. The van der Waals surface area contributed by atoms with E-state index in [1.807, 2.05) is 56.3 Å². The molecule has 35 heavy (non-hydrogen) atoms. The van der Waals surface area contributed by atoms with Crippen LogP contribution in [0, 0.1) is 6.92 Å². The Balaban J connectivity index is 1.86. The van der Waals surface area contributed by atoms with Gasteiger partial charge in [0.25, 0.3) is 11.5 Å². The number of aromatic nitrogens is 4. The van der Waals surface area contributed by atoms with Crippen LogP contribution in [0.2, 0.25) is 0 Å². The van der Waals surface area contributed by atoms with Crippen molar-refractivity contribution in [3.05, 3.63) is 106 Å². The Morgan fingerprint density at radius 2 is 1.86 bits per heavy atom. The summed E-state index contributed by atoms with van der Waals surface area (Å²) < 4.78 is 1.56. The van der Waals surface area contributed by atoms with E-state index in [-0.39, 0.29) is 17.2 Å². The molecule has 180 valence electrons. The van der Waals surface area contributed by atoms with Crippen molar-refractivity contribution >= 4 is 11.6 Å². The maximum Gasteiger partial charge on any atom is 0.274 e. The molecule has 0 spiro atoms. The number of fused-ring (bicyclic) bond motifs is 1. The van der Waals surface area contributed by atoms with Gasteiger partial charge in [0.2, 0.25) is 0 Å². The number of amides is 1. The molecule has 1 unspecified atom stereocenters. The molecule has 0 fully saturated rings. The van der Waals surface area contributed by atoms with Gasteiger partial charge in [-0.1, -0.05) is 43.3 Å². The molecule has 2 N–H and O–H groups in total. The molecule has 1 amide bonds. The molecule has 0 aliphatic heterocycles. The van der Waals surface area contributed by atoms with Crippen LogP contribution in [0.5, 0.6) is 0 Å². The predicted octanol–water partition coefficient (Wildman–Crippen LogP) is 3.33. The van der Waals surface area contributed by atoms with Crippen molar-refractivity contribution < 1.29 is 4.79 Å². The highest BCUT2D eigenvalue weighted by Crippen LogP contribution is 2.28. The van der Waals surface area contributed by atoms with Crippen molar-refractivity contribution in [3.63, 3.8) is 0 Å². The van der Waals surface area contributed by atoms with E-state index < -0.39 is 6.04 Å². The van der Waals surface area contributed by atoms with Crippen LogP contribution in [0.15, 0.2) is 71.9 Å². The molecule has 0 aliphatic rings.